The van der Waals surface area contributed by atoms with Crippen LogP contribution in [0.25, 0.3) is 0 Å². The maximum atomic E-state index is 11.4. The average Bonchev–Trinajstić information content (AvgIpc) is 3.18. The number of rotatable bonds is 8. The topological polar surface area (TPSA) is 178 Å². The standard InChI is InChI=1S/C21H24N6O6S2/c1-12-18(19(29)30)34-21(23-12)26-20-24-16(10-17(25-20)27-8-6-14(28)7-9-27)22-11-13-2-4-15(5-3-13)35(31,32)33/h2-5,10,14,28H,6-9,11H2,1H3,(H,29,30)(H,31,32,33)(H2,22,23,24,25,26). The zero-order valence-electron chi connectivity index (χ0n) is 18.7. The summed E-state index contributed by atoms with van der Waals surface area (Å²) in [6.07, 6.45) is 0.883. The lowest BCUT2D eigenvalue weighted by Gasteiger charge is -2.30. The molecular weight excluding hydrogens is 496 g/mol. The molecule has 2 aromatic heterocycles. The number of aliphatic hydroxyl groups excluding tert-OH is 1. The fourth-order valence-electron chi connectivity index (χ4n) is 3.55. The first-order valence-electron chi connectivity index (χ1n) is 10.7. The molecule has 5 N–H and O–H groups in total. The number of hydrogen-bond acceptors (Lipinski definition) is 11. The van der Waals surface area contributed by atoms with Gasteiger partial charge < -0.3 is 20.4 Å². The van der Waals surface area contributed by atoms with Crippen LogP contribution in [0.1, 0.15) is 33.8 Å². The summed E-state index contributed by atoms with van der Waals surface area (Å²) in [5.41, 5.74) is 1.15. The third-order valence-corrected chi connectivity index (χ3v) is 7.33. The number of carbonyl (C=O) groups is 1. The van der Waals surface area contributed by atoms with Gasteiger partial charge in [0.2, 0.25) is 5.95 Å². The predicted octanol–water partition coefficient (Wildman–Crippen LogP) is 2.50. The second-order valence-electron chi connectivity index (χ2n) is 7.99. The van der Waals surface area contributed by atoms with Crippen LogP contribution in [0.5, 0.6) is 0 Å². The lowest BCUT2D eigenvalue weighted by Crippen LogP contribution is -2.36. The molecule has 1 fully saturated rings. The van der Waals surface area contributed by atoms with Crippen LogP contribution in [0.3, 0.4) is 0 Å². The number of aromatic nitrogens is 3. The SMILES string of the molecule is Cc1nc(Nc2nc(NCc3ccc(S(=O)(=O)O)cc3)cc(N3CCC(O)CC3)n2)sc1C(=O)O. The number of aromatic carboxylic acids is 1. The number of thiazole rings is 1. The lowest BCUT2D eigenvalue weighted by molar-refractivity contribution is 0.0701. The number of carboxylic acid groups (broad SMARTS) is 1. The summed E-state index contributed by atoms with van der Waals surface area (Å²) in [4.78, 5) is 26.6. The van der Waals surface area contributed by atoms with E-state index in [4.69, 9.17) is 4.55 Å². The summed E-state index contributed by atoms with van der Waals surface area (Å²) in [6, 6.07) is 7.55. The molecule has 0 aliphatic carbocycles. The molecule has 1 saturated heterocycles. The van der Waals surface area contributed by atoms with Crippen molar-refractivity contribution >= 4 is 50.1 Å². The molecule has 1 aliphatic heterocycles. The Morgan fingerprint density at radius 1 is 1.17 bits per heavy atom. The minimum Gasteiger partial charge on any atom is -0.477 e. The zero-order chi connectivity index (χ0) is 25.2. The third kappa shape index (κ3) is 6.22. The molecule has 3 aromatic rings. The molecule has 0 radical (unpaired) electrons. The van der Waals surface area contributed by atoms with Gasteiger partial charge >= 0.3 is 5.97 Å². The van der Waals surface area contributed by atoms with E-state index in [0.29, 0.717) is 54.9 Å². The first-order valence-corrected chi connectivity index (χ1v) is 12.9. The predicted molar refractivity (Wildman–Crippen MR) is 130 cm³/mol. The molecule has 14 heteroatoms. The quantitative estimate of drug-likeness (QED) is 0.275. The second kappa shape index (κ2) is 10.1. The number of carboxylic acids is 1. The molecule has 3 heterocycles. The average molecular weight is 521 g/mol. The number of aliphatic hydroxyl groups is 1. The number of anilines is 4. The maximum Gasteiger partial charge on any atom is 0.347 e. The van der Waals surface area contributed by atoms with E-state index in [1.54, 1.807) is 25.1 Å². The van der Waals surface area contributed by atoms with Crippen LogP contribution in [0, 0.1) is 6.92 Å². The Hall–Kier alpha value is -3.33. The van der Waals surface area contributed by atoms with Crippen molar-refractivity contribution in [3.63, 3.8) is 0 Å². The number of aryl methyl sites for hydroxylation is 1. The van der Waals surface area contributed by atoms with Crippen LogP contribution in [0.2, 0.25) is 0 Å². The number of nitrogens with one attached hydrogen (secondary N) is 2. The van der Waals surface area contributed by atoms with Crippen LogP contribution in [-0.4, -0.2) is 63.3 Å². The fourth-order valence-corrected chi connectivity index (χ4v) is 4.83. The normalized spacial score (nSPS) is 14.7. The highest BCUT2D eigenvalue weighted by Gasteiger charge is 2.21. The van der Waals surface area contributed by atoms with Gasteiger partial charge in [0.1, 0.15) is 16.5 Å². The van der Waals surface area contributed by atoms with Gasteiger partial charge in [0, 0.05) is 25.7 Å². The molecular formula is C21H24N6O6S2. The minimum atomic E-state index is -4.27. The van der Waals surface area contributed by atoms with Gasteiger partial charge in [-0.15, -0.1) is 0 Å². The van der Waals surface area contributed by atoms with Crippen molar-refractivity contribution in [1.29, 1.82) is 0 Å². The van der Waals surface area contributed by atoms with Crippen molar-refractivity contribution in [3.05, 3.63) is 46.5 Å². The number of benzene rings is 1. The molecule has 0 saturated carbocycles. The van der Waals surface area contributed by atoms with Gasteiger partial charge in [0.15, 0.2) is 5.13 Å². The smallest absolute Gasteiger partial charge is 0.347 e. The van der Waals surface area contributed by atoms with Crippen LogP contribution in [0.4, 0.5) is 22.7 Å². The molecule has 186 valence electrons. The molecule has 35 heavy (non-hydrogen) atoms. The minimum absolute atomic E-state index is 0.125. The summed E-state index contributed by atoms with van der Waals surface area (Å²) in [6.45, 7) is 3.17. The third-order valence-electron chi connectivity index (χ3n) is 5.41. The highest BCUT2D eigenvalue weighted by molar-refractivity contribution is 7.85. The molecule has 0 spiro atoms. The molecule has 1 aromatic carbocycles. The van der Waals surface area contributed by atoms with E-state index in [1.165, 1.54) is 12.1 Å². The van der Waals surface area contributed by atoms with E-state index >= 15 is 0 Å². The van der Waals surface area contributed by atoms with E-state index in [0.717, 1.165) is 16.9 Å². The first kappa shape index (κ1) is 24.8. The van der Waals surface area contributed by atoms with Crippen molar-refractivity contribution < 1.29 is 28.0 Å². The van der Waals surface area contributed by atoms with Gasteiger partial charge in [-0.25, -0.2) is 9.78 Å². The summed E-state index contributed by atoms with van der Waals surface area (Å²) in [5, 5.41) is 25.6. The van der Waals surface area contributed by atoms with Crippen LogP contribution in [0.15, 0.2) is 35.2 Å². The van der Waals surface area contributed by atoms with Crippen molar-refractivity contribution in [2.75, 3.05) is 28.6 Å². The Labute approximate surface area is 205 Å². The zero-order valence-corrected chi connectivity index (χ0v) is 20.3. The van der Waals surface area contributed by atoms with Gasteiger partial charge in [-0.2, -0.15) is 18.4 Å². The Balaban J connectivity index is 1.57. The van der Waals surface area contributed by atoms with Crippen LogP contribution in [-0.2, 0) is 16.7 Å². The van der Waals surface area contributed by atoms with Crippen molar-refractivity contribution in [2.45, 2.75) is 37.3 Å². The number of hydrogen-bond donors (Lipinski definition) is 5. The molecule has 0 bridgehead atoms. The molecule has 0 atom stereocenters. The highest BCUT2D eigenvalue weighted by Crippen LogP contribution is 2.27. The van der Waals surface area contributed by atoms with E-state index in [9.17, 15) is 23.4 Å². The fraction of sp³-hybridized carbons (Fsp3) is 0.333. The van der Waals surface area contributed by atoms with Gasteiger partial charge in [0.25, 0.3) is 10.1 Å². The van der Waals surface area contributed by atoms with E-state index in [2.05, 4.69) is 25.6 Å². The second-order valence-corrected chi connectivity index (χ2v) is 10.4. The summed E-state index contributed by atoms with van der Waals surface area (Å²) in [5.74, 6) is 0.278. The maximum absolute atomic E-state index is 11.4. The van der Waals surface area contributed by atoms with Gasteiger partial charge in [-0.3, -0.25) is 9.87 Å². The summed E-state index contributed by atoms with van der Waals surface area (Å²) < 4.78 is 31.6. The van der Waals surface area contributed by atoms with Gasteiger partial charge in [0.05, 0.1) is 16.7 Å². The van der Waals surface area contributed by atoms with E-state index in [1.807, 2.05) is 4.90 Å². The Bertz CT molecular complexity index is 1320. The Morgan fingerprint density at radius 3 is 2.46 bits per heavy atom. The van der Waals surface area contributed by atoms with E-state index in [-0.39, 0.29) is 21.8 Å². The summed E-state index contributed by atoms with van der Waals surface area (Å²) in [7, 11) is -4.27. The Kier molecular flexibility index (Phi) is 7.16. The molecule has 0 unspecified atom stereocenters. The largest absolute Gasteiger partial charge is 0.477 e. The molecule has 0 amide bonds. The molecule has 1 aliphatic rings. The molecule has 4 rings (SSSR count). The summed E-state index contributed by atoms with van der Waals surface area (Å²) >= 11 is 0.985. The van der Waals surface area contributed by atoms with Crippen molar-refractivity contribution in [3.8, 4) is 0 Å². The molecule has 12 nitrogen and oxygen atoms in total. The van der Waals surface area contributed by atoms with Crippen LogP contribution >= 0.6 is 11.3 Å². The van der Waals surface area contributed by atoms with Crippen molar-refractivity contribution in [1.82, 2.24) is 15.0 Å². The van der Waals surface area contributed by atoms with Crippen LogP contribution < -0.4 is 15.5 Å². The van der Waals surface area contributed by atoms with Gasteiger partial charge in [-0.1, -0.05) is 23.5 Å². The Morgan fingerprint density at radius 2 is 1.86 bits per heavy atom. The van der Waals surface area contributed by atoms with E-state index < -0.39 is 16.1 Å². The van der Waals surface area contributed by atoms with Gasteiger partial charge in [-0.05, 0) is 37.5 Å². The lowest BCUT2D eigenvalue weighted by atomic mass is 10.1. The number of piperidine rings is 1. The highest BCUT2D eigenvalue weighted by atomic mass is 32.2. The van der Waals surface area contributed by atoms with Crippen molar-refractivity contribution in [2.24, 2.45) is 0 Å². The number of nitrogens with zero attached hydrogens (tertiary/aromatic N) is 4. The first-order chi connectivity index (χ1) is 16.6. The monoisotopic (exact) mass is 520 g/mol.